The van der Waals surface area contributed by atoms with E-state index in [0.717, 1.165) is 5.56 Å². The zero-order chi connectivity index (χ0) is 17.8. The molecule has 0 atom stereocenters. The monoisotopic (exact) mass is 376 g/mol. The van der Waals surface area contributed by atoms with Crippen molar-refractivity contribution in [2.75, 3.05) is 0 Å². The maximum atomic E-state index is 12.0. The van der Waals surface area contributed by atoms with Crippen molar-refractivity contribution in [3.8, 4) is 0 Å². The van der Waals surface area contributed by atoms with Crippen LogP contribution in [0.5, 0.6) is 0 Å². The number of fused-ring (bicyclic) bond motifs is 1. The number of carbonyl (C=O) groups excluding carboxylic acids is 1. The molecule has 0 unspecified atom stereocenters. The van der Waals surface area contributed by atoms with Gasteiger partial charge in [0.1, 0.15) is 12.3 Å². The van der Waals surface area contributed by atoms with Crippen molar-refractivity contribution in [2.45, 2.75) is 19.4 Å². The molecule has 0 bridgehead atoms. The molecule has 0 amide bonds. The first kappa shape index (κ1) is 17.5. The number of carbonyl (C=O) groups is 1. The van der Waals surface area contributed by atoms with Gasteiger partial charge in [-0.1, -0.05) is 41.4 Å². The van der Waals surface area contributed by atoms with Crippen molar-refractivity contribution < 1.29 is 9.53 Å². The number of hydrogen-bond donors (Lipinski definition) is 1. The first-order valence-corrected chi connectivity index (χ1v) is 8.36. The Morgan fingerprint density at radius 2 is 1.92 bits per heavy atom. The Balaban J connectivity index is 1.59. The number of aryl methyl sites for hydroxylation is 1. The first-order valence-electron chi connectivity index (χ1n) is 7.60. The second-order valence-electron chi connectivity index (χ2n) is 5.44. The molecule has 0 aliphatic carbocycles. The molecule has 128 valence electrons. The fraction of sp³-hybridized carbons (Fsp3) is 0.167. The maximum Gasteiger partial charge on any atom is 0.306 e. The molecule has 1 aromatic heterocycles. The lowest BCUT2D eigenvalue weighted by atomic mass is 10.2. The molecule has 0 saturated heterocycles. The Kier molecular flexibility index (Phi) is 5.36. The number of aromatic amines is 1. The largest absolute Gasteiger partial charge is 0.461 e. The summed E-state index contributed by atoms with van der Waals surface area (Å²) in [6, 6.07) is 12.3. The van der Waals surface area contributed by atoms with Crippen molar-refractivity contribution in [3.63, 3.8) is 0 Å². The van der Waals surface area contributed by atoms with Crippen LogP contribution in [0.3, 0.4) is 0 Å². The summed E-state index contributed by atoms with van der Waals surface area (Å²) in [7, 11) is 0. The van der Waals surface area contributed by atoms with Gasteiger partial charge in [-0.2, -0.15) is 0 Å². The van der Waals surface area contributed by atoms with Crippen molar-refractivity contribution >= 4 is 40.2 Å². The number of hydrogen-bond acceptors (Lipinski definition) is 4. The predicted octanol–water partition coefficient (Wildman–Crippen LogP) is 3.91. The number of nitrogens with one attached hydrogen (secondary N) is 1. The van der Waals surface area contributed by atoms with Gasteiger partial charge in [-0.3, -0.25) is 9.59 Å². The Hall–Kier alpha value is -2.37. The van der Waals surface area contributed by atoms with Crippen LogP contribution < -0.4 is 5.56 Å². The molecule has 3 aromatic rings. The minimum Gasteiger partial charge on any atom is -0.461 e. The lowest BCUT2D eigenvalue weighted by molar-refractivity contribution is -0.144. The van der Waals surface area contributed by atoms with Crippen molar-refractivity contribution in [1.82, 2.24) is 9.97 Å². The van der Waals surface area contributed by atoms with Crippen LogP contribution in [0.4, 0.5) is 0 Å². The van der Waals surface area contributed by atoms with Crippen LogP contribution in [0.25, 0.3) is 11.0 Å². The molecule has 0 radical (unpaired) electrons. The van der Waals surface area contributed by atoms with Crippen LogP contribution in [0, 0.1) is 0 Å². The molecule has 2 aromatic carbocycles. The summed E-state index contributed by atoms with van der Waals surface area (Å²) < 4.78 is 5.19. The molecule has 3 rings (SSSR count). The van der Waals surface area contributed by atoms with Gasteiger partial charge < -0.3 is 9.72 Å². The summed E-state index contributed by atoms with van der Waals surface area (Å²) in [4.78, 5) is 30.9. The van der Waals surface area contributed by atoms with Crippen molar-refractivity contribution in [2.24, 2.45) is 0 Å². The number of benzene rings is 2. The normalized spacial score (nSPS) is 10.8. The van der Waals surface area contributed by atoms with Crippen LogP contribution in [-0.4, -0.2) is 15.9 Å². The number of nitrogens with zero attached hydrogens (tertiary/aromatic N) is 1. The van der Waals surface area contributed by atoms with Gasteiger partial charge in [-0.25, -0.2) is 4.98 Å². The number of para-hydroxylation sites is 2. The first-order chi connectivity index (χ1) is 12.0. The zero-order valence-electron chi connectivity index (χ0n) is 13.1. The van der Waals surface area contributed by atoms with Gasteiger partial charge in [-0.05, 0) is 29.8 Å². The summed E-state index contributed by atoms with van der Waals surface area (Å²) in [5, 5.41) is 0.848. The van der Waals surface area contributed by atoms with Gasteiger partial charge in [0.15, 0.2) is 0 Å². The molecule has 0 spiro atoms. The third-order valence-electron chi connectivity index (χ3n) is 3.62. The molecule has 5 nitrogen and oxygen atoms in total. The molecule has 25 heavy (non-hydrogen) atoms. The highest BCUT2D eigenvalue weighted by atomic mass is 35.5. The predicted molar refractivity (Wildman–Crippen MR) is 96.9 cm³/mol. The van der Waals surface area contributed by atoms with E-state index in [0.29, 0.717) is 26.8 Å². The smallest absolute Gasteiger partial charge is 0.306 e. The highest BCUT2D eigenvalue weighted by molar-refractivity contribution is 6.42. The SMILES string of the molecule is O=C(CCc1nc2ccccc2[nH]c1=O)OCc1ccc(Cl)c(Cl)c1. The molecule has 0 fully saturated rings. The lowest BCUT2D eigenvalue weighted by Crippen LogP contribution is -2.17. The summed E-state index contributed by atoms with van der Waals surface area (Å²) >= 11 is 11.8. The fourth-order valence-electron chi connectivity index (χ4n) is 2.32. The molecule has 0 aliphatic rings. The highest BCUT2D eigenvalue weighted by Crippen LogP contribution is 2.22. The van der Waals surface area contributed by atoms with E-state index in [1.54, 1.807) is 30.3 Å². The third-order valence-corrected chi connectivity index (χ3v) is 4.36. The van der Waals surface area contributed by atoms with Crippen LogP contribution in [0.1, 0.15) is 17.7 Å². The van der Waals surface area contributed by atoms with E-state index in [1.165, 1.54) is 0 Å². The number of halogens is 2. The third kappa shape index (κ3) is 4.38. The minimum absolute atomic E-state index is 0.0652. The number of ether oxygens (including phenoxy) is 1. The highest BCUT2D eigenvalue weighted by Gasteiger charge is 2.10. The van der Waals surface area contributed by atoms with Gasteiger partial charge in [0.25, 0.3) is 5.56 Å². The number of aromatic nitrogens is 2. The van der Waals surface area contributed by atoms with E-state index in [9.17, 15) is 9.59 Å². The lowest BCUT2D eigenvalue weighted by Gasteiger charge is -2.06. The molecular formula is C18H14Cl2N2O3. The topological polar surface area (TPSA) is 72.0 Å². The quantitative estimate of drug-likeness (QED) is 0.685. The fourth-order valence-corrected chi connectivity index (χ4v) is 2.64. The van der Waals surface area contributed by atoms with Gasteiger partial charge in [-0.15, -0.1) is 0 Å². The van der Waals surface area contributed by atoms with Crippen LogP contribution >= 0.6 is 23.2 Å². The summed E-state index contributed by atoms with van der Waals surface area (Å²) in [5.74, 6) is -0.416. The second kappa shape index (κ2) is 7.68. The van der Waals surface area contributed by atoms with Crippen LogP contribution in [-0.2, 0) is 22.6 Å². The Bertz CT molecular complexity index is 985. The van der Waals surface area contributed by atoms with Gasteiger partial charge in [0.05, 0.1) is 27.5 Å². The summed E-state index contributed by atoms with van der Waals surface area (Å²) in [6.07, 6.45) is 0.274. The van der Waals surface area contributed by atoms with E-state index in [1.807, 2.05) is 12.1 Å². The minimum atomic E-state index is -0.416. The van der Waals surface area contributed by atoms with Gasteiger partial charge in [0, 0.05) is 6.42 Å². The van der Waals surface area contributed by atoms with E-state index in [4.69, 9.17) is 27.9 Å². The molecule has 7 heteroatoms. The molecule has 1 N–H and O–H groups in total. The Morgan fingerprint density at radius 1 is 1.12 bits per heavy atom. The zero-order valence-corrected chi connectivity index (χ0v) is 14.6. The summed E-state index contributed by atoms with van der Waals surface area (Å²) in [6.45, 7) is 0.0945. The standard InChI is InChI=1S/C18H14Cl2N2O3/c19-12-6-5-11(9-13(12)20)10-25-17(23)8-7-16-18(24)22-15-4-2-1-3-14(15)21-16/h1-6,9H,7-8,10H2,(H,22,24). The molecular weight excluding hydrogens is 363 g/mol. The Morgan fingerprint density at radius 3 is 2.72 bits per heavy atom. The molecule has 0 aliphatic heterocycles. The summed E-state index contributed by atoms with van der Waals surface area (Å²) in [5.41, 5.74) is 2.10. The van der Waals surface area contributed by atoms with Crippen LogP contribution in [0.15, 0.2) is 47.3 Å². The number of H-pyrrole nitrogens is 1. The number of rotatable bonds is 5. The second-order valence-corrected chi connectivity index (χ2v) is 6.25. The van der Waals surface area contributed by atoms with E-state index in [2.05, 4.69) is 9.97 Å². The van der Waals surface area contributed by atoms with Crippen molar-refractivity contribution in [3.05, 3.63) is 74.1 Å². The average molecular weight is 377 g/mol. The number of esters is 1. The van der Waals surface area contributed by atoms with Crippen molar-refractivity contribution in [1.29, 1.82) is 0 Å². The maximum absolute atomic E-state index is 12.0. The molecule has 1 heterocycles. The van der Waals surface area contributed by atoms with E-state index >= 15 is 0 Å². The van der Waals surface area contributed by atoms with Gasteiger partial charge in [0.2, 0.25) is 0 Å². The van der Waals surface area contributed by atoms with E-state index in [-0.39, 0.29) is 25.0 Å². The average Bonchev–Trinajstić information content (AvgIpc) is 2.61. The Labute approximate surface area is 153 Å². The van der Waals surface area contributed by atoms with Gasteiger partial charge >= 0.3 is 5.97 Å². The molecule has 0 saturated carbocycles. The van der Waals surface area contributed by atoms with Crippen LogP contribution in [0.2, 0.25) is 10.0 Å². The van der Waals surface area contributed by atoms with E-state index < -0.39 is 5.97 Å².